The molecule has 0 aliphatic carbocycles. The molecular weight excluding hydrogens is 298 g/mol. The number of hydrogen-bond donors (Lipinski definition) is 0. The van der Waals surface area contributed by atoms with E-state index in [0.29, 0.717) is 6.04 Å². The molecule has 0 aromatic heterocycles. The molecule has 0 aromatic rings. The Morgan fingerprint density at radius 2 is 2.40 bits per heavy atom. The minimum absolute atomic E-state index is 0. The zero-order chi connectivity index (χ0) is 6.27. The van der Waals surface area contributed by atoms with Crippen molar-refractivity contribution < 1.29 is 25.9 Å². The van der Waals surface area contributed by atoms with Crippen molar-refractivity contribution in [2.75, 3.05) is 6.54 Å². The van der Waals surface area contributed by atoms with Gasteiger partial charge in [-0.3, -0.25) is 0 Å². The number of fused-ring (bicyclic) bond motifs is 1. The molecule has 2 saturated heterocycles. The molecule has 2 heterocycles. The third-order valence-corrected chi connectivity index (χ3v) is 2.22. The fraction of sp³-hybridized carbons (Fsp3) is 0.714. The van der Waals surface area contributed by atoms with Crippen molar-refractivity contribution in [1.82, 2.24) is 4.90 Å². The summed E-state index contributed by atoms with van der Waals surface area (Å²) in [5, 5.41) is 0. The molecule has 0 aromatic carbocycles. The Hall–Kier alpha value is 0.0283. The van der Waals surface area contributed by atoms with Crippen molar-refractivity contribution in [1.29, 1.82) is 0 Å². The smallest absolute Gasteiger partial charge is 0.0852 e. The van der Waals surface area contributed by atoms with E-state index in [4.69, 9.17) is 0 Å². The first-order chi connectivity index (χ1) is 4.38. The van der Waals surface area contributed by atoms with E-state index < -0.39 is 0 Å². The number of amides is 1. The number of rotatable bonds is 0. The fourth-order valence-corrected chi connectivity index (χ4v) is 1.73. The standard InChI is InChI=1S/C7H10NO.W/c9-7-4-3-6-2-1-5-8(6)7;/h4,6H,1-3,5H2;/q-1;. The predicted molar refractivity (Wildman–Crippen MR) is 33.7 cm³/mol. The Bertz CT molecular complexity index is 149. The molecule has 0 N–H and O–H groups in total. The number of nitrogens with zero attached hydrogens (tertiary/aromatic N) is 1. The second-order valence-electron chi connectivity index (χ2n) is 2.77. The second kappa shape index (κ2) is 2.96. The predicted octanol–water partition coefficient (Wildman–Crippen LogP) is 0.583. The van der Waals surface area contributed by atoms with Gasteiger partial charge in [-0.1, -0.05) is 0 Å². The maximum absolute atomic E-state index is 10.9. The van der Waals surface area contributed by atoms with Gasteiger partial charge in [0.1, 0.15) is 0 Å². The first-order valence-electron chi connectivity index (χ1n) is 3.52. The third-order valence-electron chi connectivity index (χ3n) is 2.22. The minimum Gasteiger partial charge on any atom is -0.367 e. The average molecular weight is 308 g/mol. The number of carbonyl (C=O) groups excluding carboxylic acids is 1. The van der Waals surface area contributed by atoms with Gasteiger partial charge in [-0.25, -0.2) is 0 Å². The van der Waals surface area contributed by atoms with Gasteiger partial charge in [0.2, 0.25) is 0 Å². The van der Waals surface area contributed by atoms with E-state index in [0.717, 1.165) is 13.0 Å². The van der Waals surface area contributed by atoms with E-state index >= 15 is 0 Å². The summed E-state index contributed by atoms with van der Waals surface area (Å²) < 4.78 is 0. The fourth-order valence-electron chi connectivity index (χ4n) is 1.73. The Balaban J connectivity index is 0.000000500. The van der Waals surface area contributed by atoms with Crippen LogP contribution in [0.25, 0.3) is 0 Å². The van der Waals surface area contributed by atoms with Crippen molar-refractivity contribution in [2.45, 2.75) is 25.3 Å². The van der Waals surface area contributed by atoms with Gasteiger partial charge in [0, 0.05) is 33.7 Å². The van der Waals surface area contributed by atoms with Crippen LogP contribution in [-0.4, -0.2) is 23.4 Å². The van der Waals surface area contributed by atoms with E-state index in [1.807, 2.05) is 11.3 Å². The summed E-state index contributed by atoms with van der Waals surface area (Å²) in [6.45, 7) is 1.00. The van der Waals surface area contributed by atoms with Crippen LogP contribution in [0.5, 0.6) is 0 Å². The Kier molecular flexibility index (Phi) is 2.40. The summed E-state index contributed by atoms with van der Waals surface area (Å²) in [5.41, 5.74) is 0. The first-order valence-corrected chi connectivity index (χ1v) is 3.52. The quantitative estimate of drug-likeness (QED) is 0.600. The molecule has 1 unspecified atom stereocenters. The van der Waals surface area contributed by atoms with Gasteiger partial charge in [0.05, 0.1) is 5.91 Å². The second-order valence-corrected chi connectivity index (χ2v) is 2.77. The maximum Gasteiger partial charge on any atom is 0.0852 e. The van der Waals surface area contributed by atoms with Crippen molar-refractivity contribution in [3.8, 4) is 0 Å². The Morgan fingerprint density at radius 1 is 1.60 bits per heavy atom. The molecule has 1 amide bonds. The molecule has 0 spiro atoms. The zero-order valence-electron chi connectivity index (χ0n) is 5.75. The van der Waals surface area contributed by atoms with E-state index in [-0.39, 0.29) is 27.0 Å². The van der Waals surface area contributed by atoms with Gasteiger partial charge in [0.25, 0.3) is 0 Å². The summed E-state index contributed by atoms with van der Waals surface area (Å²) >= 11 is 0. The number of carbonyl (C=O) groups is 1. The summed E-state index contributed by atoms with van der Waals surface area (Å²) in [4.78, 5) is 12.9. The third kappa shape index (κ3) is 1.10. The molecule has 0 radical (unpaired) electrons. The Labute approximate surface area is 75.2 Å². The van der Waals surface area contributed by atoms with Gasteiger partial charge in [-0.2, -0.15) is 0 Å². The van der Waals surface area contributed by atoms with Crippen LogP contribution in [0.15, 0.2) is 0 Å². The normalized spacial score (nSPS) is 29.4. The topological polar surface area (TPSA) is 20.3 Å². The van der Waals surface area contributed by atoms with Crippen LogP contribution in [0.3, 0.4) is 0 Å². The van der Waals surface area contributed by atoms with Crippen molar-refractivity contribution in [3.05, 3.63) is 6.42 Å². The monoisotopic (exact) mass is 308 g/mol. The zero-order valence-corrected chi connectivity index (χ0v) is 8.68. The van der Waals surface area contributed by atoms with E-state index in [9.17, 15) is 4.79 Å². The van der Waals surface area contributed by atoms with Gasteiger partial charge in [-0.15, -0.1) is 6.42 Å². The van der Waals surface area contributed by atoms with Crippen LogP contribution in [0.2, 0.25) is 0 Å². The molecule has 2 nitrogen and oxygen atoms in total. The van der Waals surface area contributed by atoms with Crippen LogP contribution < -0.4 is 0 Å². The average Bonchev–Trinajstić information content (AvgIpc) is 2.35. The molecule has 10 heavy (non-hydrogen) atoms. The van der Waals surface area contributed by atoms with Crippen molar-refractivity contribution >= 4 is 5.91 Å². The maximum atomic E-state index is 10.9. The van der Waals surface area contributed by atoms with E-state index in [1.165, 1.54) is 12.8 Å². The SMILES string of the molecule is O=C1[CH-]CC2CCCN12.[W]. The summed E-state index contributed by atoms with van der Waals surface area (Å²) in [7, 11) is 0. The van der Waals surface area contributed by atoms with Gasteiger partial charge in [-0.05, 0) is 12.8 Å². The van der Waals surface area contributed by atoms with E-state index in [1.54, 1.807) is 0 Å². The van der Waals surface area contributed by atoms with Gasteiger partial charge in [0.15, 0.2) is 0 Å². The number of hydrogen-bond acceptors (Lipinski definition) is 1. The molecule has 0 bridgehead atoms. The molecule has 56 valence electrons. The molecule has 3 heteroatoms. The van der Waals surface area contributed by atoms with Crippen LogP contribution in [0.4, 0.5) is 0 Å². The summed E-state index contributed by atoms with van der Waals surface area (Å²) in [6.07, 6.45) is 5.25. The van der Waals surface area contributed by atoms with Crippen LogP contribution in [0.1, 0.15) is 19.3 Å². The van der Waals surface area contributed by atoms with Crippen LogP contribution in [0, 0.1) is 6.42 Å². The molecule has 2 aliphatic rings. The van der Waals surface area contributed by atoms with E-state index in [2.05, 4.69) is 0 Å². The molecule has 2 aliphatic heterocycles. The molecule has 1 atom stereocenters. The molecule has 2 fully saturated rings. The Morgan fingerprint density at radius 3 is 3.10 bits per heavy atom. The van der Waals surface area contributed by atoms with Gasteiger partial charge >= 0.3 is 0 Å². The van der Waals surface area contributed by atoms with Crippen LogP contribution >= 0.6 is 0 Å². The molecular formula is C7H10NOW-. The van der Waals surface area contributed by atoms with Crippen molar-refractivity contribution in [2.24, 2.45) is 0 Å². The van der Waals surface area contributed by atoms with Crippen molar-refractivity contribution in [3.63, 3.8) is 0 Å². The van der Waals surface area contributed by atoms with Crippen LogP contribution in [-0.2, 0) is 25.9 Å². The first kappa shape index (κ1) is 8.13. The largest absolute Gasteiger partial charge is 0.367 e. The minimum atomic E-state index is 0. The molecule has 0 saturated carbocycles. The summed E-state index contributed by atoms with van der Waals surface area (Å²) in [6, 6.07) is 0.581. The molecule has 2 rings (SSSR count). The van der Waals surface area contributed by atoms with Gasteiger partial charge < -0.3 is 16.1 Å². The summed E-state index contributed by atoms with van der Waals surface area (Å²) in [5.74, 6) is 0.262.